The molecule has 0 aliphatic heterocycles. The molecule has 1 heterocycles. The minimum Gasteiger partial charge on any atom is -0.496 e. The van der Waals surface area contributed by atoms with Crippen LogP contribution in [0.5, 0.6) is 17.4 Å². The van der Waals surface area contributed by atoms with Crippen LogP contribution in [0.4, 0.5) is 0 Å². The molecule has 0 aliphatic rings. The molecule has 0 aliphatic carbocycles. The maximum absolute atomic E-state index is 10.5. The van der Waals surface area contributed by atoms with Gasteiger partial charge in [-0.1, -0.05) is 12.1 Å². The number of hydrogen-bond acceptors (Lipinski definition) is 5. The van der Waals surface area contributed by atoms with Crippen molar-refractivity contribution in [3.05, 3.63) is 47.7 Å². The first-order valence-electron chi connectivity index (χ1n) is 6.57. The minimum absolute atomic E-state index is 0.410. The molecular formula is C16H19NO4. The van der Waals surface area contributed by atoms with E-state index < -0.39 is 6.10 Å². The summed E-state index contributed by atoms with van der Waals surface area (Å²) < 4.78 is 15.6. The highest BCUT2D eigenvalue weighted by Gasteiger charge is 2.19. The maximum atomic E-state index is 10.5. The number of aliphatic hydroxyl groups excluding tert-OH is 1. The van der Waals surface area contributed by atoms with Gasteiger partial charge < -0.3 is 19.3 Å². The Hall–Kier alpha value is -2.27. The van der Waals surface area contributed by atoms with Gasteiger partial charge in [0.2, 0.25) is 5.88 Å². The Balaban J connectivity index is 2.24. The molecule has 0 saturated heterocycles. The number of ether oxygens (including phenoxy) is 3. The van der Waals surface area contributed by atoms with Crippen molar-refractivity contribution in [2.24, 2.45) is 0 Å². The molecule has 112 valence electrons. The summed E-state index contributed by atoms with van der Waals surface area (Å²) in [6, 6.07) is 9.06. The van der Waals surface area contributed by atoms with Gasteiger partial charge in [-0.2, -0.15) is 0 Å². The van der Waals surface area contributed by atoms with Crippen LogP contribution in [0.3, 0.4) is 0 Å². The molecule has 0 bridgehead atoms. The van der Waals surface area contributed by atoms with Crippen molar-refractivity contribution in [3.63, 3.8) is 0 Å². The van der Waals surface area contributed by atoms with E-state index in [0.717, 1.165) is 5.56 Å². The minimum atomic E-state index is -0.744. The molecule has 1 aromatic carbocycles. The van der Waals surface area contributed by atoms with Gasteiger partial charge >= 0.3 is 0 Å². The summed E-state index contributed by atoms with van der Waals surface area (Å²) in [6.07, 6.45) is 1.35. The summed E-state index contributed by atoms with van der Waals surface area (Å²) in [5.41, 5.74) is 1.54. The van der Waals surface area contributed by atoms with Gasteiger partial charge in [0, 0.05) is 18.7 Å². The fourth-order valence-corrected chi connectivity index (χ4v) is 2.19. The lowest BCUT2D eigenvalue weighted by Gasteiger charge is -2.18. The van der Waals surface area contributed by atoms with E-state index in [2.05, 4.69) is 4.98 Å². The van der Waals surface area contributed by atoms with Gasteiger partial charge in [-0.25, -0.2) is 4.98 Å². The number of aromatic nitrogens is 1. The largest absolute Gasteiger partial charge is 0.496 e. The fourth-order valence-electron chi connectivity index (χ4n) is 2.19. The second-order valence-corrected chi connectivity index (χ2v) is 4.50. The van der Waals surface area contributed by atoms with Crippen molar-refractivity contribution in [3.8, 4) is 17.4 Å². The Morgan fingerprint density at radius 1 is 1.00 bits per heavy atom. The van der Waals surface area contributed by atoms with Gasteiger partial charge in [0.05, 0.1) is 33.0 Å². The number of aliphatic hydroxyl groups is 1. The molecule has 0 fully saturated rings. The molecule has 1 N–H and O–H groups in total. The van der Waals surface area contributed by atoms with Crippen molar-refractivity contribution in [1.82, 2.24) is 4.98 Å². The van der Waals surface area contributed by atoms with Gasteiger partial charge in [0.15, 0.2) is 0 Å². The van der Waals surface area contributed by atoms with Crippen LogP contribution in [0.15, 0.2) is 36.5 Å². The second-order valence-electron chi connectivity index (χ2n) is 4.50. The number of rotatable bonds is 6. The normalized spacial score (nSPS) is 11.8. The lowest BCUT2D eigenvalue weighted by atomic mass is 10.0. The first kappa shape index (κ1) is 15.1. The van der Waals surface area contributed by atoms with Gasteiger partial charge in [-0.05, 0) is 17.7 Å². The van der Waals surface area contributed by atoms with Crippen molar-refractivity contribution in [2.45, 2.75) is 12.5 Å². The average Bonchev–Trinajstić information content (AvgIpc) is 2.54. The Bertz CT molecular complexity index is 561. The van der Waals surface area contributed by atoms with E-state index in [4.69, 9.17) is 14.2 Å². The summed E-state index contributed by atoms with van der Waals surface area (Å²) in [5.74, 6) is 1.75. The molecule has 5 nitrogen and oxygen atoms in total. The molecule has 1 atom stereocenters. The molecule has 0 saturated carbocycles. The average molecular weight is 289 g/mol. The highest BCUT2D eigenvalue weighted by atomic mass is 16.5. The van der Waals surface area contributed by atoms with Crippen LogP contribution >= 0.6 is 0 Å². The quantitative estimate of drug-likeness (QED) is 0.884. The van der Waals surface area contributed by atoms with Crippen molar-refractivity contribution in [1.29, 1.82) is 0 Å². The summed E-state index contributed by atoms with van der Waals surface area (Å²) in [4.78, 5) is 4.13. The standard InChI is InChI=1S/C16H19NO4/c1-19-13-5-4-6-14(20-2)16(13)12(18)9-11-7-8-15(21-3)17-10-11/h4-8,10,12,18H,9H2,1-3H3. The molecule has 0 spiro atoms. The number of benzene rings is 1. The van der Waals surface area contributed by atoms with Gasteiger partial charge in [0.1, 0.15) is 11.5 Å². The SMILES string of the molecule is COc1ccc(CC(O)c2c(OC)cccc2OC)cn1. The summed E-state index contributed by atoms with van der Waals surface area (Å²) in [6.45, 7) is 0. The highest BCUT2D eigenvalue weighted by molar-refractivity contribution is 5.46. The number of pyridine rings is 1. The summed E-state index contributed by atoms with van der Waals surface area (Å²) >= 11 is 0. The van der Waals surface area contributed by atoms with Crippen molar-refractivity contribution >= 4 is 0 Å². The molecule has 2 aromatic rings. The van der Waals surface area contributed by atoms with Crippen molar-refractivity contribution in [2.75, 3.05) is 21.3 Å². The predicted octanol–water partition coefficient (Wildman–Crippen LogP) is 2.38. The smallest absolute Gasteiger partial charge is 0.212 e. The third-order valence-corrected chi connectivity index (χ3v) is 3.23. The monoisotopic (exact) mass is 289 g/mol. The lowest BCUT2D eigenvalue weighted by molar-refractivity contribution is 0.169. The lowest BCUT2D eigenvalue weighted by Crippen LogP contribution is -2.06. The van der Waals surface area contributed by atoms with Gasteiger partial charge in [-0.3, -0.25) is 0 Å². The van der Waals surface area contributed by atoms with E-state index in [1.54, 1.807) is 45.7 Å². The molecule has 1 aromatic heterocycles. The van der Waals surface area contributed by atoms with E-state index in [1.807, 2.05) is 12.1 Å². The molecule has 0 amide bonds. The van der Waals surface area contributed by atoms with Crippen LogP contribution in [0, 0.1) is 0 Å². The third-order valence-electron chi connectivity index (χ3n) is 3.23. The fraction of sp³-hybridized carbons (Fsp3) is 0.312. The van der Waals surface area contributed by atoms with E-state index in [-0.39, 0.29) is 0 Å². The highest BCUT2D eigenvalue weighted by Crippen LogP contribution is 2.35. The number of hydrogen-bond donors (Lipinski definition) is 1. The van der Waals surface area contributed by atoms with Gasteiger partial charge in [-0.15, -0.1) is 0 Å². The second kappa shape index (κ2) is 6.95. The van der Waals surface area contributed by atoms with Gasteiger partial charge in [0.25, 0.3) is 0 Å². The predicted molar refractivity (Wildman–Crippen MR) is 79.0 cm³/mol. The molecule has 1 unspecified atom stereocenters. The Kier molecular flexibility index (Phi) is 5.00. The number of methoxy groups -OCH3 is 3. The topological polar surface area (TPSA) is 60.8 Å². The zero-order valence-corrected chi connectivity index (χ0v) is 12.4. The summed E-state index contributed by atoms with van der Waals surface area (Å²) in [7, 11) is 4.70. The van der Waals surface area contributed by atoms with Crippen LogP contribution in [0.1, 0.15) is 17.2 Å². The van der Waals surface area contributed by atoms with Crippen LogP contribution in [-0.2, 0) is 6.42 Å². The molecule has 5 heteroatoms. The zero-order chi connectivity index (χ0) is 15.2. The Morgan fingerprint density at radius 2 is 1.67 bits per heavy atom. The first-order chi connectivity index (χ1) is 10.2. The van der Waals surface area contributed by atoms with Crippen LogP contribution < -0.4 is 14.2 Å². The van der Waals surface area contributed by atoms with E-state index in [1.165, 1.54) is 0 Å². The first-order valence-corrected chi connectivity index (χ1v) is 6.57. The number of nitrogens with zero attached hydrogens (tertiary/aromatic N) is 1. The Morgan fingerprint density at radius 3 is 2.14 bits per heavy atom. The van der Waals surface area contributed by atoms with Crippen LogP contribution in [0.25, 0.3) is 0 Å². The Labute approximate surface area is 124 Å². The van der Waals surface area contributed by atoms with Crippen LogP contribution in [0.2, 0.25) is 0 Å². The molecular weight excluding hydrogens is 270 g/mol. The maximum Gasteiger partial charge on any atom is 0.212 e. The van der Waals surface area contributed by atoms with Crippen LogP contribution in [-0.4, -0.2) is 31.4 Å². The third kappa shape index (κ3) is 3.44. The van der Waals surface area contributed by atoms with Crippen molar-refractivity contribution < 1.29 is 19.3 Å². The molecule has 2 rings (SSSR count). The molecule has 0 radical (unpaired) electrons. The van der Waals surface area contributed by atoms with E-state index in [9.17, 15) is 5.11 Å². The van der Waals surface area contributed by atoms with E-state index >= 15 is 0 Å². The summed E-state index contributed by atoms with van der Waals surface area (Å²) in [5, 5.41) is 10.5. The van der Waals surface area contributed by atoms with E-state index in [0.29, 0.717) is 29.4 Å². The molecule has 21 heavy (non-hydrogen) atoms. The zero-order valence-electron chi connectivity index (χ0n) is 12.4.